The van der Waals surface area contributed by atoms with Crippen molar-refractivity contribution in [2.45, 2.75) is 46.1 Å². The molecule has 4 nitrogen and oxygen atoms in total. The summed E-state index contributed by atoms with van der Waals surface area (Å²) < 4.78 is 5.78. The number of aryl methyl sites for hydroxylation is 1. The third-order valence-electron chi connectivity index (χ3n) is 3.31. The number of nitrogens with zero attached hydrogens (tertiary/aromatic N) is 2. The molecule has 0 aliphatic carbocycles. The molecule has 0 saturated heterocycles. The molecule has 0 fully saturated rings. The van der Waals surface area contributed by atoms with Crippen LogP contribution < -0.4 is 5.32 Å². The molecule has 1 aromatic carbocycles. The quantitative estimate of drug-likeness (QED) is 0.839. The van der Waals surface area contributed by atoms with Crippen LogP contribution in [0.15, 0.2) is 28.7 Å². The molecular weight excluding hydrogens is 250 g/mol. The lowest BCUT2D eigenvalue weighted by Gasteiger charge is -2.11. The van der Waals surface area contributed by atoms with Crippen molar-refractivity contribution in [1.29, 1.82) is 0 Å². The van der Waals surface area contributed by atoms with Gasteiger partial charge in [-0.1, -0.05) is 43.7 Å². The largest absolute Gasteiger partial charge is 0.423 e. The van der Waals surface area contributed by atoms with Crippen LogP contribution in [-0.4, -0.2) is 16.7 Å². The molecule has 108 valence electrons. The zero-order valence-corrected chi connectivity index (χ0v) is 12.5. The minimum Gasteiger partial charge on any atom is -0.423 e. The maximum Gasteiger partial charge on any atom is 0.233 e. The SMILES string of the molecule is CCCNC(CC)c1nnc(Cc2ccc(C)cc2)o1. The van der Waals surface area contributed by atoms with Crippen LogP contribution in [0.1, 0.15) is 55.6 Å². The van der Waals surface area contributed by atoms with Crippen LogP contribution in [0.5, 0.6) is 0 Å². The smallest absolute Gasteiger partial charge is 0.233 e. The topological polar surface area (TPSA) is 51.0 Å². The lowest BCUT2D eigenvalue weighted by atomic mass is 10.1. The molecule has 2 aromatic rings. The predicted molar refractivity (Wildman–Crippen MR) is 79.6 cm³/mol. The third kappa shape index (κ3) is 3.90. The van der Waals surface area contributed by atoms with Gasteiger partial charge in [0.25, 0.3) is 0 Å². The van der Waals surface area contributed by atoms with E-state index in [9.17, 15) is 0 Å². The number of hydrogen-bond donors (Lipinski definition) is 1. The van der Waals surface area contributed by atoms with E-state index in [-0.39, 0.29) is 6.04 Å². The van der Waals surface area contributed by atoms with E-state index >= 15 is 0 Å². The van der Waals surface area contributed by atoms with Crippen LogP contribution in [0.3, 0.4) is 0 Å². The van der Waals surface area contributed by atoms with Crippen molar-refractivity contribution in [2.24, 2.45) is 0 Å². The number of nitrogens with one attached hydrogen (secondary N) is 1. The van der Waals surface area contributed by atoms with Gasteiger partial charge in [0.15, 0.2) is 0 Å². The fourth-order valence-corrected chi connectivity index (χ4v) is 2.08. The van der Waals surface area contributed by atoms with Gasteiger partial charge in [0.1, 0.15) is 0 Å². The number of aromatic nitrogens is 2. The maximum atomic E-state index is 5.78. The fourth-order valence-electron chi connectivity index (χ4n) is 2.08. The number of rotatable bonds is 7. The molecule has 0 saturated carbocycles. The lowest BCUT2D eigenvalue weighted by Crippen LogP contribution is -2.21. The van der Waals surface area contributed by atoms with E-state index in [0.717, 1.165) is 19.4 Å². The second-order valence-corrected chi connectivity index (χ2v) is 5.11. The first kappa shape index (κ1) is 14.7. The Kier molecular flexibility index (Phi) is 5.30. The average molecular weight is 273 g/mol. The summed E-state index contributed by atoms with van der Waals surface area (Å²) in [4.78, 5) is 0. The highest BCUT2D eigenvalue weighted by Gasteiger charge is 2.16. The monoisotopic (exact) mass is 273 g/mol. The first-order valence-electron chi connectivity index (χ1n) is 7.34. The van der Waals surface area contributed by atoms with Gasteiger partial charge in [-0.2, -0.15) is 0 Å². The summed E-state index contributed by atoms with van der Waals surface area (Å²) >= 11 is 0. The Morgan fingerprint density at radius 1 is 1.15 bits per heavy atom. The van der Waals surface area contributed by atoms with Crippen molar-refractivity contribution in [2.75, 3.05) is 6.54 Å². The first-order chi connectivity index (χ1) is 9.72. The third-order valence-corrected chi connectivity index (χ3v) is 3.31. The molecular formula is C16H23N3O. The number of benzene rings is 1. The van der Waals surface area contributed by atoms with Crippen molar-refractivity contribution >= 4 is 0 Å². The molecule has 1 heterocycles. The molecule has 2 rings (SSSR count). The van der Waals surface area contributed by atoms with Gasteiger partial charge in [0, 0.05) is 0 Å². The van der Waals surface area contributed by atoms with Gasteiger partial charge in [0.2, 0.25) is 11.8 Å². The van der Waals surface area contributed by atoms with Crippen LogP contribution in [0.2, 0.25) is 0 Å². The summed E-state index contributed by atoms with van der Waals surface area (Å²) in [6, 6.07) is 8.57. The first-order valence-corrected chi connectivity index (χ1v) is 7.34. The van der Waals surface area contributed by atoms with Crippen LogP contribution in [0, 0.1) is 6.92 Å². The minimum absolute atomic E-state index is 0.161. The molecule has 0 radical (unpaired) electrons. The molecule has 0 spiro atoms. The van der Waals surface area contributed by atoms with E-state index in [1.165, 1.54) is 11.1 Å². The summed E-state index contributed by atoms with van der Waals surface area (Å²) in [6.45, 7) is 7.32. The molecule has 20 heavy (non-hydrogen) atoms. The Labute approximate surface area is 120 Å². The van der Waals surface area contributed by atoms with Gasteiger partial charge in [-0.3, -0.25) is 0 Å². The molecule has 0 amide bonds. The van der Waals surface area contributed by atoms with Crippen molar-refractivity contribution in [1.82, 2.24) is 15.5 Å². The summed E-state index contributed by atoms with van der Waals surface area (Å²) in [5.41, 5.74) is 2.45. The average Bonchev–Trinajstić information content (AvgIpc) is 2.91. The highest BCUT2D eigenvalue weighted by molar-refractivity contribution is 5.23. The van der Waals surface area contributed by atoms with Crippen LogP contribution in [-0.2, 0) is 6.42 Å². The summed E-state index contributed by atoms with van der Waals surface area (Å²) in [7, 11) is 0. The Morgan fingerprint density at radius 3 is 2.55 bits per heavy atom. The molecule has 4 heteroatoms. The minimum atomic E-state index is 0.161. The van der Waals surface area contributed by atoms with E-state index in [2.05, 4.69) is 60.6 Å². The Balaban J connectivity index is 2.02. The van der Waals surface area contributed by atoms with Crippen molar-refractivity contribution in [3.8, 4) is 0 Å². The molecule has 0 bridgehead atoms. The molecule has 1 N–H and O–H groups in total. The van der Waals surface area contributed by atoms with Gasteiger partial charge in [-0.15, -0.1) is 10.2 Å². The highest BCUT2D eigenvalue weighted by Crippen LogP contribution is 2.17. The van der Waals surface area contributed by atoms with Gasteiger partial charge in [0.05, 0.1) is 12.5 Å². The Hall–Kier alpha value is -1.68. The van der Waals surface area contributed by atoms with Crippen LogP contribution in [0.25, 0.3) is 0 Å². The second kappa shape index (κ2) is 7.20. The normalized spacial score (nSPS) is 12.6. The molecule has 1 aromatic heterocycles. The van der Waals surface area contributed by atoms with Crippen LogP contribution in [0.4, 0.5) is 0 Å². The van der Waals surface area contributed by atoms with Gasteiger partial charge >= 0.3 is 0 Å². The molecule has 1 atom stereocenters. The van der Waals surface area contributed by atoms with Gasteiger partial charge in [-0.05, 0) is 31.9 Å². The zero-order valence-electron chi connectivity index (χ0n) is 12.5. The lowest BCUT2D eigenvalue weighted by molar-refractivity contribution is 0.376. The van der Waals surface area contributed by atoms with E-state index in [1.807, 2.05) is 0 Å². The van der Waals surface area contributed by atoms with Crippen LogP contribution >= 0.6 is 0 Å². The Morgan fingerprint density at radius 2 is 1.90 bits per heavy atom. The standard InChI is InChI=1S/C16H23N3O/c1-4-10-17-14(5-2)16-19-18-15(20-16)11-13-8-6-12(3)7-9-13/h6-9,14,17H,4-5,10-11H2,1-3H3. The van der Waals surface area contributed by atoms with E-state index in [4.69, 9.17) is 4.42 Å². The van der Waals surface area contributed by atoms with Gasteiger partial charge in [-0.25, -0.2) is 0 Å². The van der Waals surface area contributed by atoms with Gasteiger partial charge < -0.3 is 9.73 Å². The van der Waals surface area contributed by atoms with E-state index in [1.54, 1.807) is 0 Å². The zero-order chi connectivity index (χ0) is 14.4. The summed E-state index contributed by atoms with van der Waals surface area (Å²) in [5, 5.41) is 11.8. The highest BCUT2D eigenvalue weighted by atomic mass is 16.4. The van der Waals surface area contributed by atoms with E-state index in [0.29, 0.717) is 18.2 Å². The van der Waals surface area contributed by atoms with E-state index < -0.39 is 0 Å². The fraction of sp³-hybridized carbons (Fsp3) is 0.500. The molecule has 1 unspecified atom stereocenters. The number of hydrogen-bond acceptors (Lipinski definition) is 4. The Bertz CT molecular complexity index is 519. The summed E-state index contributed by atoms with van der Waals surface area (Å²) in [5.74, 6) is 1.38. The maximum absolute atomic E-state index is 5.78. The van der Waals surface area contributed by atoms with Crippen molar-refractivity contribution in [3.05, 3.63) is 47.2 Å². The van der Waals surface area contributed by atoms with Crippen molar-refractivity contribution < 1.29 is 4.42 Å². The van der Waals surface area contributed by atoms with Crippen molar-refractivity contribution in [3.63, 3.8) is 0 Å². The molecule has 0 aliphatic rings. The second-order valence-electron chi connectivity index (χ2n) is 5.11. The molecule has 0 aliphatic heterocycles. The predicted octanol–water partition coefficient (Wildman–Crippen LogP) is 3.42. The summed E-state index contributed by atoms with van der Waals surface area (Å²) in [6.07, 6.45) is 2.74.